The van der Waals surface area contributed by atoms with Crippen LogP contribution in [0.25, 0.3) is 0 Å². The number of benzene rings is 3. The summed E-state index contributed by atoms with van der Waals surface area (Å²) in [7, 11) is 0. The number of phenolic OH excluding ortho intramolecular Hbond substituents is 2. The first-order valence-electron chi connectivity index (χ1n) is 13.2. The number of aromatic hydroxyl groups is 2. The fourth-order valence-corrected chi connectivity index (χ4v) is 3.68. The summed E-state index contributed by atoms with van der Waals surface area (Å²) in [5, 5.41) is 39.0. The van der Waals surface area contributed by atoms with Crippen LogP contribution in [0.5, 0.6) is 11.5 Å². The summed E-state index contributed by atoms with van der Waals surface area (Å²) in [6.45, 7) is 10.2. The van der Waals surface area contributed by atoms with Crippen LogP contribution >= 0.6 is 0 Å². The topological polar surface area (TPSA) is 145 Å². The number of aliphatic carboxylic acids is 2. The van der Waals surface area contributed by atoms with E-state index in [0.29, 0.717) is 22.5 Å². The summed E-state index contributed by atoms with van der Waals surface area (Å²) < 4.78 is 0. The van der Waals surface area contributed by atoms with Crippen LogP contribution in [-0.4, -0.2) is 34.6 Å². The molecule has 0 aliphatic heterocycles. The van der Waals surface area contributed by atoms with Crippen molar-refractivity contribution >= 4 is 35.7 Å². The van der Waals surface area contributed by atoms with Crippen LogP contribution in [0.3, 0.4) is 0 Å². The summed E-state index contributed by atoms with van der Waals surface area (Å²) in [6, 6.07) is 15.7. The molecule has 0 fully saturated rings. The van der Waals surface area contributed by atoms with E-state index in [0.717, 1.165) is 50.7 Å². The zero-order valence-electron chi connectivity index (χ0n) is 24.4. The zero-order valence-corrected chi connectivity index (χ0v) is 25.4. The van der Waals surface area contributed by atoms with Crippen molar-refractivity contribution in [3.8, 4) is 11.5 Å². The summed E-state index contributed by atoms with van der Waals surface area (Å²) in [6.07, 6.45) is 6.73. The quantitative estimate of drug-likeness (QED) is 0.365. The molecule has 0 saturated carbocycles. The van der Waals surface area contributed by atoms with Crippen molar-refractivity contribution in [1.29, 1.82) is 0 Å². The number of aliphatic imine (C=N–C) groups is 2. The number of nitrogens with zero attached hydrogens (tertiary/aromatic N) is 2. The molecule has 3 aromatic carbocycles. The predicted molar refractivity (Wildman–Crippen MR) is 156 cm³/mol. The maximum atomic E-state index is 10.6. The summed E-state index contributed by atoms with van der Waals surface area (Å²) in [4.78, 5) is 27.0. The second-order valence-electron chi connectivity index (χ2n) is 8.79. The van der Waals surface area contributed by atoms with Crippen LogP contribution < -0.4 is 10.2 Å². The van der Waals surface area contributed by atoms with Crippen LogP contribution in [0.15, 0.2) is 58.5 Å². The minimum atomic E-state index is -1.08. The van der Waals surface area contributed by atoms with E-state index < -0.39 is 11.9 Å². The third-order valence-electron chi connectivity index (χ3n) is 5.70. The van der Waals surface area contributed by atoms with Gasteiger partial charge in [-0.25, -0.2) is 0 Å². The molecule has 1 radical (unpaired) electrons. The monoisotopic (exact) mass is 605 g/mol. The van der Waals surface area contributed by atoms with E-state index in [4.69, 9.17) is 19.8 Å². The van der Waals surface area contributed by atoms with Gasteiger partial charge in [0.05, 0.1) is 11.4 Å². The first-order valence-corrected chi connectivity index (χ1v) is 13.2. The fourth-order valence-electron chi connectivity index (χ4n) is 3.68. The Labute approximate surface area is 252 Å². The fraction of sp³-hybridized carbons (Fsp3) is 0.312. The van der Waals surface area contributed by atoms with Crippen LogP contribution in [0, 0.1) is 0 Å². The standard InChI is InChI=1S/C28H32N2O2.2C2H4O2.Co/c1-5-19-13-21(7-3)27(31)23(15-19)17-29-25-11-9-10-12-26(25)30-18-24-16-20(6-2)14-22(8-4)28(24)32;2*1-2(3)4;/h9-18,31-32H,5-8H2,1-4H3;2*1H3,(H,3,4);/q;;;+2/p-2. The Morgan fingerprint density at radius 3 is 1.27 bits per heavy atom. The van der Waals surface area contributed by atoms with Crippen molar-refractivity contribution in [2.45, 2.75) is 67.2 Å². The SMILES string of the molecule is CC(=O)[O-].CC(=O)[O-].CCc1cc(C=Nc2ccccc2N=Cc2cc(CC)cc(CC)c2O)c(O)c(CC)c1.[Co+2]. The van der Waals surface area contributed by atoms with Gasteiger partial charge in [0.2, 0.25) is 0 Å². The molecule has 3 rings (SSSR count). The number of hydrogen-bond donors (Lipinski definition) is 2. The molecule has 221 valence electrons. The van der Waals surface area contributed by atoms with Crippen LogP contribution in [0.2, 0.25) is 0 Å². The minimum absolute atomic E-state index is 0. The minimum Gasteiger partial charge on any atom is -0.550 e. The zero-order chi connectivity index (χ0) is 30.2. The third kappa shape index (κ3) is 12.8. The van der Waals surface area contributed by atoms with E-state index in [1.165, 1.54) is 11.1 Å². The second kappa shape index (κ2) is 19.2. The molecular weight excluding hydrogens is 567 g/mol. The summed E-state index contributed by atoms with van der Waals surface area (Å²) in [5.41, 5.74) is 7.01. The first-order chi connectivity index (χ1) is 19.0. The van der Waals surface area contributed by atoms with Crippen molar-refractivity contribution in [3.05, 3.63) is 81.9 Å². The molecule has 0 amide bonds. The maximum absolute atomic E-state index is 10.6. The summed E-state index contributed by atoms with van der Waals surface area (Å²) in [5.74, 6) is -1.61. The molecular formula is C32H38CoN2O6. The molecule has 0 aromatic heterocycles. The first kappa shape index (κ1) is 37.0. The molecule has 2 N–H and O–H groups in total. The van der Waals surface area contributed by atoms with Gasteiger partial charge in [-0.3, -0.25) is 9.98 Å². The van der Waals surface area contributed by atoms with Gasteiger partial charge in [-0.1, -0.05) is 52.0 Å². The smallest absolute Gasteiger partial charge is 0.550 e. The Morgan fingerprint density at radius 1 is 0.683 bits per heavy atom. The number of aryl methyl sites for hydroxylation is 4. The van der Waals surface area contributed by atoms with E-state index in [9.17, 15) is 10.2 Å². The number of carbonyl (C=O) groups is 2. The largest absolute Gasteiger partial charge is 2.00 e. The molecule has 0 saturated heterocycles. The van der Waals surface area contributed by atoms with Gasteiger partial charge in [-0.15, -0.1) is 0 Å². The number of carboxylic acid groups (broad SMARTS) is 2. The second-order valence-corrected chi connectivity index (χ2v) is 8.79. The van der Waals surface area contributed by atoms with Crippen molar-refractivity contribution < 1.29 is 46.8 Å². The Bertz CT molecular complexity index is 1240. The number of hydrogen-bond acceptors (Lipinski definition) is 8. The third-order valence-corrected chi connectivity index (χ3v) is 5.70. The molecule has 41 heavy (non-hydrogen) atoms. The number of carbonyl (C=O) groups excluding carboxylic acids is 2. The molecule has 8 nitrogen and oxygen atoms in total. The van der Waals surface area contributed by atoms with E-state index in [1.54, 1.807) is 12.4 Å². The average molecular weight is 606 g/mol. The molecule has 0 spiro atoms. The van der Waals surface area contributed by atoms with Crippen LogP contribution in [0.4, 0.5) is 11.4 Å². The van der Waals surface area contributed by atoms with Gasteiger partial charge in [0.15, 0.2) is 0 Å². The molecule has 0 aliphatic rings. The molecule has 9 heteroatoms. The van der Waals surface area contributed by atoms with Crippen molar-refractivity contribution in [1.82, 2.24) is 0 Å². The van der Waals surface area contributed by atoms with Crippen molar-refractivity contribution in [2.24, 2.45) is 9.98 Å². The van der Waals surface area contributed by atoms with E-state index in [2.05, 4.69) is 23.8 Å². The molecule has 0 unspecified atom stereocenters. The van der Waals surface area contributed by atoms with E-state index >= 15 is 0 Å². The number of phenols is 2. The van der Waals surface area contributed by atoms with Crippen LogP contribution in [0.1, 0.15) is 74.9 Å². The molecule has 0 atom stereocenters. The number of rotatable bonds is 8. The van der Waals surface area contributed by atoms with Gasteiger partial charge in [-0.05, 0) is 86.1 Å². The number of para-hydroxylation sites is 2. The summed E-state index contributed by atoms with van der Waals surface area (Å²) >= 11 is 0. The van der Waals surface area contributed by atoms with Gasteiger partial charge in [0.1, 0.15) is 11.5 Å². The Kier molecular flexibility index (Phi) is 17.3. The Balaban J connectivity index is 0.00000158. The van der Waals surface area contributed by atoms with Crippen molar-refractivity contribution in [3.63, 3.8) is 0 Å². The number of carboxylic acids is 2. The Morgan fingerprint density at radius 2 is 1.00 bits per heavy atom. The van der Waals surface area contributed by atoms with Gasteiger partial charge in [0, 0.05) is 35.5 Å². The van der Waals surface area contributed by atoms with Crippen LogP contribution in [-0.2, 0) is 52.1 Å². The van der Waals surface area contributed by atoms with Gasteiger partial charge in [0.25, 0.3) is 0 Å². The molecule has 0 bridgehead atoms. The normalized spacial score (nSPS) is 10.3. The van der Waals surface area contributed by atoms with Gasteiger partial charge < -0.3 is 30.0 Å². The average Bonchev–Trinajstić information content (AvgIpc) is 2.91. The molecule has 0 aliphatic carbocycles. The molecule has 3 aromatic rings. The van der Waals surface area contributed by atoms with E-state index in [1.807, 2.05) is 62.4 Å². The van der Waals surface area contributed by atoms with Gasteiger partial charge in [-0.2, -0.15) is 0 Å². The molecule has 0 heterocycles. The van der Waals surface area contributed by atoms with Gasteiger partial charge >= 0.3 is 16.8 Å². The van der Waals surface area contributed by atoms with E-state index in [-0.39, 0.29) is 28.3 Å². The Hall–Kier alpha value is -3.95. The van der Waals surface area contributed by atoms with Crippen molar-refractivity contribution in [2.75, 3.05) is 0 Å². The predicted octanol–water partition coefficient (Wildman–Crippen LogP) is 4.36. The maximum Gasteiger partial charge on any atom is 2.00 e.